The van der Waals surface area contributed by atoms with Gasteiger partial charge in [0, 0.05) is 29.2 Å². The van der Waals surface area contributed by atoms with Gasteiger partial charge in [-0.25, -0.2) is 4.39 Å². The second-order valence-corrected chi connectivity index (χ2v) is 7.66. The molecule has 0 bridgehead atoms. The van der Waals surface area contributed by atoms with Crippen LogP contribution in [0.2, 0.25) is 0 Å². The predicted molar refractivity (Wildman–Crippen MR) is 108 cm³/mol. The van der Waals surface area contributed by atoms with E-state index in [4.69, 9.17) is 4.74 Å². The van der Waals surface area contributed by atoms with Gasteiger partial charge in [0.25, 0.3) is 5.91 Å². The number of carbonyl (C=O) groups excluding carboxylic acids is 2. The van der Waals surface area contributed by atoms with Crippen LogP contribution >= 0.6 is 15.9 Å². The number of rotatable bonds is 5. The fraction of sp³-hybridized carbons (Fsp3) is 0.333. The van der Waals surface area contributed by atoms with Gasteiger partial charge in [0.15, 0.2) is 0 Å². The summed E-state index contributed by atoms with van der Waals surface area (Å²) in [4.78, 5) is 26.7. The molecule has 5 nitrogen and oxygen atoms in total. The third-order valence-electron chi connectivity index (χ3n) is 4.89. The van der Waals surface area contributed by atoms with E-state index in [1.165, 1.54) is 12.1 Å². The van der Waals surface area contributed by atoms with Crippen molar-refractivity contribution in [3.63, 3.8) is 0 Å². The standard InChI is InChI=1S/C21H22BrFN2O3/c1-28-19-5-3-2-4-14(19)12-20(26)25-10-8-16(9-11-25)24-21(27)17-13-15(22)6-7-18(17)23/h2-7,13,16H,8-12H2,1H3,(H,24,27). The Balaban J connectivity index is 1.53. The number of carbonyl (C=O) groups is 2. The number of hydrogen-bond donors (Lipinski definition) is 1. The van der Waals surface area contributed by atoms with E-state index in [-0.39, 0.29) is 23.9 Å². The first-order valence-electron chi connectivity index (χ1n) is 9.13. The molecule has 1 N–H and O–H groups in total. The Morgan fingerprint density at radius 2 is 1.93 bits per heavy atom. The summed E-state index contributed by atoms with van der Waals surface area (Å²) in [7, 11) is 1.59. The lowest BCUT2D eigenvalue weighted by molar-refractivity contribution is -0.131. The van der Waals surface area contributed by atoms with Crippen LogP contribution in [0.4, 0.5) is 4.39 Å². The number of nitrogens with zero attached hydrogens (tertiary/aromatic N) is 1. The molecule has 1 saturated heterocycles. The van der Waals surface area contributed by atoms with Crippen molar-refractivity contribution in [3.8, 4) is 5.75 Å². The van der Waals surface area contributed by atoms with Crippen LogP contribution in [0, 0.1) is 5.82 Å². The molecule has 2 amide bonds. The molecule has 148 valence electrons. The monoisotopic (exact) mass is 448 g/mol. The minimum absolute atomic E-state index is 0.0176. The minimum atomic E-state index is -0.551. The van der Waals surface area contributed by atoms with Crippen molar-refractivity contribution in [1.29, 1.82) is 0 Å². The maximum absolute atomic E-state index is 13.9. The molecule has 0 radical (unpaired) electrons. The predicted octanol–water partition coefficient (Wildman–Crippen LogP) is 3.56. The van der Waals surface area contributed by atoms with E-state index in [9.17, 15) is 14.0 Å². The van der Waals surface area contributed by atoms with Crippen LogP contribution < -0.4 is 10.1 Å². The van der Waals surface area contributed by atoms with Crippen molar-refractivity contribution in [2.24, 2.45) is 0 Å². The summed E-state index contributed by atoms with van der Waals surface area (Å²) in [5, 5.41) is 2.87. The normalized spacial score (nSPS) is 14.6. The average molecular weight is 449 g/mol. The van der Waals surface area contributed by atoms with Gasteiger partial charge in [-0.1, -0.05) is 34.1 Å². The van der Waals surface area contributed by atoms with Crippen LogP contribution in [0.1, 0.15) is 28.8 Å². The fourth-order valence-corrected chi connectivity index (χ4v) is 3.69. The maximum atomic E-state index is 13.9. The first-order chi connectivity index (χ1) is 13.5. The second kappa shape index (κ2) is 9.19. The Bertz CT molecular complexity index is 866. The highest BCUT2D eigenvalue weighted by Gasteiger charge is 2.25. The van der Waals surface area contributed by atoms with E-state index in [1.807, 2.05) is 24.3 Å². The van der Waals surface area contributed by atoms with Crippen LogP contribution in [0.5, 0.6) is 5.75 Å². The molecule has 7 heteroatoms. The lowest BCUT2D eigenvalue weighted by Crippen LogP contribution is -2.47. The second-order valence-electron chi connectivity index (χ2n) is 6.74. The quantitative estimate of drug-likeness (QED) is 0.760. The molecule has 0 aromatic heterocycles. The molecule has 1 aliphatic rings. The van der Waals surface area contributed by atoms with E-state index >= 15 is 0 Å². The molecular formula is C21H22BrFN2O3. The molecule has 1 aliphatic heterocycles. The molecule has 0 saturated carbocycles. The molecule has 1 fully saturated rings. The van der Waals surface area contributed by atoms with Crippen molar-refractivity contribution < 1.29 is 18.7 Å². The van der Waals surface area contributed by atoms with E-state index in [0.29, 0.717) is 36.2 Å². The zero-order valence-corrected chi connectivity index (χ0v) is 17.2. The van der Waals surface area contributed by atoms with Crippen LogP contribution in [-0.2, 0) is 11.2 Å². The lowest BCUT2D eigenvalue weighted by Gasteiger charge is -2.32. The number of hydrogen-bond acceptors (Lipinski definition) is 3. The van der Waals surface area contributed by atoms with Gasteiger partial charge in [-0.3, -0.25) is 9.59 Å². The third-order valence-corrected chi connectivity index (χ3v) is 5.38. The Hall–Kier alpha value is -2.41. The smallest absolute Gasteiger partial charge is 0.254 e. The maximum Gasteiger partial charge on any atom is 0.254 e. The topological polar surface area (TPSA) is 58.6 Å². The minimum Gasteiger partial charge on any atom is -0.496 e. The molecule has 0 aliphatic carbocycles. The Morgan fingerprint density at radius 3 is 2.64 bits per heavy atom. The number of amides is 2. The molecule has 0 atom stereocenters. The highest BCUT2D eigenvalue weighted by Crippen LogP contribution is 2.20. The summed E-state index contributed by atoms with van der Waals surface area (Å²) < 4.78 is 19.8. The summed E-state index contributed by atoms with van der Waals surface area (Å²) >= 11 is 3.25. The van der Waals surface area contributed by atoms with Crippen LogP contribution in [0.3, 0.4) is 0 Å². The first-order valence-corrected chi connectivity index (χ1v) is 9.93. The molecule has 1 heterocycles. The largest absolute Gasteiger partial charge is 0.496 e. The summed E-state index contributed by atoms with van der Waals surface area (Å²) in [5.74, 6) is -0.246. The number of likely N-dealkylation sites (tertiary alicyclic amines) is 1. The summed E-state index contributed by atoms with van der Waals surface area (Å²) in [6.45, 7) is 1.11. The number of benzene rings is 2. The van der Waals surface area contributed by atoms with Gasteiger partial charge in [0.1, 0.15) is 11.6 Å². The van der Waals surface area contributed by atoms with Crippen molar-refractivity contribution in [2.75, 3.05) is 20.2 Å². The van der Waals surface area contributed by atoms with Gasteiger partial charge in [0.2, 0.25) is 5.91 Å². The van der Waals surface area contributed by atoms with Gasteiger partial charge in [-0.2, -0.15) is 0 Å². The van der Waals surface area contributed by atoms with Crippen LogP contribution in [-0.4, -0.2) is 43.0 Å². The van der Waals surface area contributed by atoms with E-state index in [2.05, 4.69) is 21.2 Å². The summed E-state index contributed by atoms with van der Waals surface area (Å²) in [6.07, 6.45) is 1.56. The molecule has 0 spiro atoms. The summed E-state index contributed by atoms with van der Waals surface area (Å²) in [6, 6.07) is 11.7. The number of piperidine rings is 1. The first kappa shape index (κ1) is 20.3. The average Bonchev–Trinajstić information content (AvgIpc) is 2.70. The van der Waals surface area contributed by atoms with Gasteiger partial charge >= 0.3 is 0 Å². The van der Waals surface area contributed by atoms with E-state index in [1.54, 1.807) is 18.1 Å². The molecular weight excluding hydrogens is 427 g/mol. The number of para-hydroxylation sites is 1. The van der Waals surface area contributed by atoms with Crippen molar-refractivity contribution >= 4 is 27.7 Å². The van der Waals surface area contributed by atoms with Gasteiger partial charge in [0.05, 0.1) is 19.1 Å². The van der Waals surface area contributed by atoms with Gasteiger partial charge in [-0.15, -0.1) is 0 Å². The molecule has 2 aromatic carbocycles. The summed E-state index contributed by atoms with van der Waals surface area (Å²) in [5.41, 5.74) is 0.875. The highest BCUT2D eigenvalue weighted by molar-refractivity contribution is 9.10. The van der Waals surface area contributed by atoms with Crippen LogP contribution in [0.25, 0.3) is 0 Å². The van der Waals surface area contributed by atoms with Crippen molar-refractivity contribution in [2.45, 2.75) is 25.3 Å². The molecule has 2 aromatic rings. The third kappa shape index (κ3) is 4.90. The zero-order valence-electron chi connectivity index (χ0n) is 15.6. The van der Waals surface area contributed by atoms with E-state index < -0.39 is 11.7 Å². The fourth-order valence-electron chi connectivity index (χ4n) is 3.33. The van der Waals surface area contributed by atoms with E-state index in [0.717, 1.165) is 5.56 Å². The number of ether oxygens (including phenoxy) is 1. The van der Waals surface area contributed by atoms with Gasteiger partial charge in [-0.05, 0) is 37.1 Å². The zero-order chi connectivity index (χ0) is 20.1. The van der Waals surface area contributed by atoms with Crippen LogP contribution in [0.15, 0.2) is 46.9 Å². The van der Waals surface area contributed by atoms with Crippen molar-refractivity contribution in [1.82, 2.24) is 10.2 Å². The highest BCUT2D eigenvalue weighted by atomic mass is 79.9. The number of nitrogens with one attached hydrogen (secondary N) is 1. The van der Waals surface area contributed by atoms with Gasteiger partial charge < -0.3 is 15.0 Å². The Morgan fingerprint density at radius 1 is 1.21 bits per heavy atom. The SMILES string of the molecule is COc1ccccc1CC(=O)N1CCC(NC(=O)c2cc(Br)ccc2F)CC1. The molecule has 28 heavy (non-hydrogen) atoms. The number of methoxy groups -OCH3 is 1. The Kier molecular flexibility index (Phi) is 6.67. The molecule has 0 unspecified atom stereocenters. The lowest BCUT2D eigenvalue weighted by atomic mass is 10.0. The number of halogens is 2. The van der Waals surface area contributed by atoms with Crippen molar-refractivity contribution in [3.05, 3.63) is 63.9 Å². The molecule has 3 rings (SSSR count). The Labute approximate surface area is 172 Å².